The number of anilines is 2. The first-order chi connectivity index (χ1) is 15.9. The second kappa shape index (κ2) is 11.3. The minimum Gasteiger partial charge on any atom is -0.483 e. The number of carbonyl (C=O) groups excluding carboxylic acids is 2. The van der Waals surface area contributed by atoms with Gasteiger partial charge in [-0.15, -0.1) is 0 Å². The molecule has 3 rings (SSSR count). The second-order valence-electron chi connectivity index (χ2n) is 7.00. The molecule has 6 nitrogen and oxygen atoms in total. The Balaban J connectivity index is 1.64. The summed E-state index contributed by atoms with van der Waals surface area (Å²) in [7, 11) is 0. The first-order valence-corrected chi connectivity index (χ1v) is 11.0. The SMILES string of the molecule is Cc1cccc(NC(=O)/C(C#N)=C/c2ccc(OCC(=O)Nc3ccccc3Cl)c(Br)c2)c1. The van der Waals surface area contributed by atoms with Gasteiger partial charge in [-0.1, -0.05) is 41.9 Å². The van der Waals surface area contributed by atoms with E-state index in [1.165, 1.54) is 6.08 Å². The zero-order valence-electron chi connectivity index (χ0n) is 17.6. The number of nitrogens with one attached hydrogen (secondary N) is 2. The van der Waals surface area contributed by atoms with Crippen LogP contribution < -0.4 is 15.4 Å². The third-order valence-corrected chi connectivity index (χ3v) is 5.36. The summed E-state index contributed by atoms with van der Waals surface area (Å²) in [5.41, 5.74) is 2.68. The summed E-state index contributed by atoms with van der Waals surface area (Å²) in [5, 5.41) is 15.3. The molecule has 2 amide bonds. The van der Waals surface area contributed by atoms with Gasteiger partial charge in [-0.05, 0) is 76.5 Å². The molecule has 0 aliphatic carbocycles. The van der Waals surface area contributed by atoms with Gasteiger partial charge in [0.1, 0.15) is 17.4 Å². The Kier molecular flexibility index (Phi) is 8.25. The van der Waals surface area contributed by atoms with E-state index in [9.17, 15) is 14.9 Å². The number of benzene rings is 3. The number of halogens is 2. The molecular formula is C25H19BrClN3O3. The third kappa shape index (κ3) is 6.94. The maximum Gasteiger partial charge on any atom is 0.266 e. The largest absolute Gasteiger partial charge is 0.483 e. The van der Waals surface area contributed by atoms with Crippen molar-refractivity contribution in [1.82, 2.24) is 0 Å². The van der Waals surface area contributed by atoms with Crippen LogP contribution in [0.4, 0.5) is 11.4 Å². The van der Waals surface area contributed by atoms with E-state index in [1.54, 1.807) is 48.5 Å². The summed E-state index contributed by atoms with van der Waals surface area (Å²) in [6.45, 7) is 1.69. The number of hydrogen-bond acceptors (Lipinski definition) is 4. The zero-order chi connectivity index (χ0) is 23.8. The van der Waals surface area contributed by atoms with Crippen molar-refractivity contribution in [3.63, 3.8) is 0 Å². The van der Waals surface area contributed by atoms with Gasteiger partial charge in [0, 0.05) is 5.69 Å². The minimum absolute atomic E-state index is 0.0452. The van der Waals surface area contributed by atoms with Crippen molar-refractivity contribution in [2.75, 3.05) is 17.2 Å². The van der Waals surface area contributed by atoms with E-state index >= 15 is 0 Å². The molecular weight excluding hydrogens is 506 g/mol. The number of para-hydroxylation sites is 1. The molecule has 3 aromatic rings. The molecule has 0 radical (unpaired) electrons. The van der Waals surface area contributed by atoms with E-state index in [0.29, 0.717) is 32.2 Å². The summed E-state index contributed by atoms with van der Waals surface area (Å²) in [6.07, 6.45) is 1.48. The summed E-state index contributed by atoms with van der Waals surface area (Å²) >= 11 is 9.43. The lowest BCUT2D eigenvalue weighted by atomic mass is 10.1. The zero-order valence-corrected chi connectivity index (χ0v) is 19.9. The van der Waals surface area contributed by atoms with E-state index in [-0.39, 0.29) is 18.1 Å². The first-order valence-electron chi connectivity index (χ1n) is 9.82. The van der Waals surface area contributed by atoms with Crippen molar-refractivity contribution in [2.24, 2.45) is 0 Å². The Morgan fingerprint density at radius 1 is 1.09 bits per heavy atom. The third-order valence-electron chi connectivity index (χ3n) is 4.41. The Bertz CT molecular complexity index is 1270. The Morgan fingerprint density at radius 2 is 1.88 bits per heavy atom. The van der Waals surface area contributed by atoms with Crippen molar-refractivity contribution < 1.29 is 14.3 Å². The lowest BCUT2D eigenvalue weighted by molar-refractivity contribution is -0.118. The molecule has 0 saturated carbocycles. The van der Waals surface area contributed by atoms with Gasteiger partial charge >= 0.3 is 0 Å². The molecule has 0 aliphatic heterocycles. The lowest BCUT2D eigenvalue weighted by Crippen LogP contribution is -2.20. The van der Waals surface area contributed by atoms with Crippen LogP contribution in [0.3, 0.4) is 0 Å². The molecule has 3 aromatic carbocycles. The van der Waals surface area contributed by atoms with Gasteiger partial charge in [-0.25, -0.2) is 0 Å². The van der Waals surface area contributed by atoms with E-state index in [4.69, 9.17) is 16.3 Å². The molecule has 0 aromatic heterocycles. The summed E-state index contributed by atoms with van der Waals surface area (Å²) < 4.78 is 6.14. The molecule has 0 bridgehead atoms. The normalized spacial score (nSPS) is 10.8. The highest BCUT2D eigenvalue weighted by atomic mass is 79.9. The van der Waals surface area contributed by atoms with Gasteiger partial charge < -0.3 is 15.4 Å². The molecule has 2 N–H and O–H groups in total. The lowest BCUT2D eigenvalue weighted by Gasteiger charge is -2.10. The molecule has 0 fully saturated rings. The summed E-state index contributed by atoms with van der Waals surface area (Å²) in [4.78, 5) is 24.6. The topological polar surface area (TPSA) is 91.2 Å². The number of amides is 2. The average molecular weight is 525 g/mol. The molecule has 0 saturated heterocycles. The van der Waals surface area contributed by atoms with Crippen LogP contribution >= 0.6 is 27.5 Å². The Labute approximate surface area is 205 Å². The monoisotopic (exact) mass is 523 g/mol. The van der Waals surface area contributed by atoms with Crippen LogP contribution in [0, 0.1) is 18.3 Å². The fourth-order valence-electron chi connectivity index (χ4n) is 2.85. The predicted octanol–water partition coefficient (Wildman–Crippen LogP) is 5.97. The fourth-order valence-corrected chi connectivity index (χ4v) is 3.55. The molecule has 0 heterocycles. The highest BCUT2D eigenvalue weighted by Crippen LogP contribution is 2.27. The average Bonchev–Trinajstić information content (AvgIpc) is 2.78. The number of ether oxygens (including phenoxy) is 1. The number of aryl methyl sites for hydroxylation is 1. The van der Waals surface area contributed by atoms with Crippen LogP contribution in [0.1, 0.15) is 11.1 Å². The van der Waals surface area contributed by atoms with Gasteiger partial charge in [0.25, 0.3) is 11.8 Å². The number of nitrogens with zero attached hydrogens (tertiary/aromatic N) is 1. The van der Waals surface area contributed by atoms with Crippen molar-refractivity contribution in [2.45, 2.75) is 6.92 Å². The summed E-state index contributed by atoms with van der Waals surface area (Å²) in [5.74, 6) is -0.432. The van der Waals surface area contributed by atoms with E-state index in [2.05, 4.69) is 26.6 Å². The van der Waals surface area contributed by atoms with E-state index < -0.39 is 5.91 Å². The molecule has 166 valence electrons. The fraction of sp³-hybridized carbons (Fsp3) is 0.0800. The number of carbonyl (C=O) groups is 2. The molecule has 0 aliphatic rings. The Hall–Kier alpha value is -3.60. The van der Waals surface area contributed by atoms with Crippen molar-refractivity contribution in [3.8, 4) is 11.8 Å². The standard InChI is InChI=1S/C25H19BrClN3O3/c1-16-5-4-6-19(11-16)29-25(32)18(14-28)12-17-9-10-23(20(26)13-17)33-15-24(31)30-22-8-3-2-7-21(22)27/h2-13H,15H2,1H3,(H,29,32)(H,30,31)/b18-12+. The van der Waals surface area contributed by atoms with Gasteiger partial charge in [-0.3, -0.25) is 9.59 Å². The maximum absolute atomic E-state index is 12.5. The van der Waals surface area contributed by atoms with E-state index in [1.807, 2.05) is 31.2 Å². The predicted molar refractivity (Wildman–Crippen MR) is 133 cm³/mol. The number of hydrogen-bond donors (Lipinski definition) is 2. The second-order valence-corrected chi connectivity index (χ2v) is 8.26. The molecule has 0 unspecified atom stereocenters. The van der Waals surface area contributed by atoms with Crippen molar-refractivity contribution >= 4 is 56.8 Å². The molecule has 0 atom stereocenters. The smallest absolute Gasteiger partial charge is 0.266 e. The number of rotatable bonds is 7. The van der Waals surface area contributed by atoms with Crippen LogP contribution in [-0.2, 0) is 9.59 Å². The highest BCUT2D eigenvalue weighted by Gasteiger charge is 2.12. The van der Waals surface area contributed by atoms with Crippen molar-refractivity contribution in [1.29, 1.82) is 5.26 Å². The molecule has 33 heavy (non-hydrogen) atoms. The van der Waals surface area contributed by atoms with Gasteiger partial charge in [0.2, 0.25) is 0 Å². The van der Waals surface area contributed by atoms with E-state index in [0.717, 1.165) is 5.56 Å². The first kappa shape index (κ1) is 24.1. The van der Waals surface area contributed by atoms with Crippen LogP contribution in [-0.4, -0.2) is 18.4 Å². The maximum atomic E-state index is 12.5. The number of nitriles is 1. The van der Waals surface area contributed by atoms with Gasteiger partial charge in [-0.2, -0.15) is 5.26 Å². The van der Waals surface area contributed by atoms with Crippen LogP contribution in [0.5, 0.6) is 5.75 Å². The minimum atomic E-state index is -0.504. The van der Waals surface area contributed by atoms with Crippen molar-refractivity contribution in [3.05, 3.63) is 92.9 Å². The highest BCUT2D eigenvalue weighted by molar-refractivity contribution is 9.10. The van der Waals surface area contributed by atoms with Crippen LogP contribution in [0.15, 0.2) is 76.8 Å². The quantitative estimate of drug-likeness (QED) is 0.294. The van der Waals surface area contributed by atoms with Crippen LogP contribution in [0.25, 0.3) is 6.08 Å². The van der Waals surface area contributed by atoms with Crippen LogP contribution in [0.2, 0.25) is 5.02 Å². The molecule has 8 heteroatoms. The summed E-state index contributed by atoms with van der Waals surface area (Å²) in [6, 6.07) is 21.2. The Morgan fingerprint density at radius 3 is 2.58 bits per heavy atom. The molecule has 0 spiro atoms. The van der Waals surface area contributed by atoms with Gasteiger partial charge in [0.15, 0.2) is 6.61 Å². The van der Waals surface area contributed by atoms with Gasteiger partial charge in [0.05, 0.1) is 15.2 Å².